The Labute approximate surface area is 504 Å². The van der Waals surface area contributed by atoms with Crippen LogP contribution in [0.1, 0.15) is 212 Å². The Morgan fingerprint density at radius 2 is 0.953 bits per heavy atom. The number of aryl methyl sites for hydroxylation is 2. The molecule has 7 rings (SSSR count). The van der Waals surface area contributed by atoms with Crippen molar-refractivity contribution in [2.75, 3.05) is 27.2 Å². The Morgan fingerprint density at radius 1 is 0.565 bits per heavy atom. The first-order valence-corrected chi connectivity index (χ1v) is 31.3. The zero-order chi connectivity index (χ0) is 62.1. The monoisotopic (exact) mass is 1170 g/mol. The van der Waals surface area contributed by atoms with E-state index >= 15 is 0 Å². The summed E-state index contributed by atoms with van der Waals surface area (Å²) in [7, 11) is 3.31. The van der Waals surface area contributed by atoms with Gasteiger partial charge in [-0.2, -0.15) is 0 Å². The van der Waals surface area contributed by atoms with Crippen molar-refractivity contribution in [3.8, 4) is 0 Å². The van der Waals surface area contributed by atoms with Gasteiger partial charge < -0.3 is 41.7 Å². The molecule has 0 saturated carbocycles. The second-order valence-corrected chi connectivity index (χ2v) is 27.1. The molecule has 3 aromatic rings. The van der Waals surface area contributed by atoms with Gasteiger partial charge in [0, 0.05) is 49.0 Å². The molecule has 2 saturated heterocycles. The van der Waals surface area contributed by atoms with E-state index in [4.69, 9.17) is 0 Å². The van der Waals surface area contributed by atoms with Crippen molar-refractivity contribution >= 4 is 52.8 Å². The highest BCUT2D eigenvalue weighted by Crippen LogP contribution is 2.37. The molecular weight excluding hydrogens is 1070 g/mol. The van der Waals surface area contributed by atoms with Gasteiger partial charge in [0.05, 0.1) is 24.2 Å². The van der Waals surface area contributed by atoms with Gasteiger partial charge in [-0.15, -0.1) is 0 Å². The normalized spacial score (nSPS) is 22.2. The SMILES string of the molecule is CCCC[C@@H](C)CC(=O)c1cc(C(=O)C[C@H]2C[C@@H](C(=O)N[C@@H]3CCCc4ccccc43)N(C(=O)[C@@H](NC(=O)[C@H](C)NC)C(C)(C)C)C2)cc(C(=O)C[C@H]2C[C@@H](C(=O)N[C@@H]3CCCc4ccccc43)N(C(=O)[C@@H](NC(=O)[C@H](C)NC)C(C)(C)C)C2)c1. The van der Waals surface area contributed by atoms with Crippen LogP contribution in [-0.4, -0.2) is 126 Å². The van der Waals surface area contributed by atoms with Crippen molar-refractivity contribution in [2.45, 2.75) is 207 Å². The summed E-state index contributed by atoms with van der Waals surface area (Å²) in [5.41, 5.74) is 3.37. The smallest absolute Gasteiger partial charge is 0.246 e. The first-order chi connectivity index (χ1) is 40.2. The van der Waals surface area contributed by atoms with Crippen molar-refractivity contribution in [2.24, 2.45) is 28.6 Å². The van der Waals surface area contributed by atoms with E-state index < -0.39 is 70.7 Å². The van der Waals surface area contributed by atoms with Gasteiger partial charge in [-0.1, -0.05) is 123 Å². The molecular formula is C68H96N8O9. The van der Waals surface area contributed by atoms with Gasteiger partial charge in [0.15, 0.2) is 17.3 Å². The van der Waals surface area contributed by atoms with Crippen molar-refractivity contribution in [3.63, 3.8) is 0 Å². The number of nitrogens with zero attached hydrogens (tertiary/aromatic N) is 2. The quantitative estimate of drug-likeness (QED) is 0.0467. The molecule has 2 heterocycles. The van der Waals surface area contributed by atoms with Crippen LogP contribution in [0.25, 0.3) is 0 Å². The van der Waals surface area contributed by atoms with Gasteiger partial charge >= 0.3 is 0 Å². The van der Waals surface area contributed by atoms with Gasteiger partial charge in [-0.05, 0) is 148 Å². The molecule has 6 N–H and O–H groups in total. The van der Waals surface area contributed by atoms with Crippen LogP contribution in [0.3, 0.4) is 0 Å². The number of nitrogens with one attached hydrogen (secondary N) is 6. The third-order valence-electron chi connectivity index (χ3n) is 18.2. The summed E-state index contributed by atoms with van der Waals surface area (Å²) in [4.78, 5) is 133. The fourth-order valence-corrected chi connectivity index (χ4v) is 12.9. The molecule has 85 heavy (non-hydrogen) atoms. The fraction of sp³-hybridized carbons (Fsp3) is 0.603. The van der Waals surface area contributed by atoms with Crippen LogP contribution >= 0.6 is 0 Å². The van der Waals surface area contributed by atoms with Crippen LogP contribution in [-0.2, 0) is 41.6 Å². The number of amides is 6. The second-order valence-electron chi connectivity index (χ2n) is 27.1. The van der Waals surface area contributed by atoms with Crippen LogP contribution in [0.4, 0.5) is 0 Å². The third-order valence-corrected chi connectivity index (χ3v) is 18.2. The largest absolute Gasteiger partial charge is 0.347 e. The number of likely N-dealkylation sites (N-methyl/N-ethyl adjacent to an activating group) is 2. The van der Waals surface area contributed by atoms with Crippen LogP contribution in [0, 0.1) is 28.6 Å². The number of hydrogen-bond donors (Lipinski definition) is 6. The number of benzene rings is 3. The second kappa shape index (κ2) is 28.7. The Balaban J connectivity index is 1.19. The third kappa shape index (κ3) is 16.5. The topological polar surface area (TPSA) is 232 Å². The van der Waals surface area contributed by atoms with Gasteiger partial charge in [0.25, 0.3) is 0 Å². The van der Waals surface area contributed by atoms with Crippen LogP contribution < -0.4 is 31.9 Å². The minimum Gasteiger partial charge on any atom is -0.347 e. The molecule has 2 aliphatic carbocycles. The van der Waals surface area contributed by atoms with Crippen molar-refractivity contribution in [1.82, 2.24) is 41.7 Å². The van der Waals surface area contributed by atoms with E-state index in [2.05, 4.69) is 51.0 Å². The first kappa shape index (κ1) is 65.9. The van der Waals surface area contributed by atoms with Gasteiger partial charge in [0.2, 0.25) is 35.4 Å². The van der Waals surface area contributed by atoms with Crippen LogP contribution in [0.2, 0.25) is 0 Å². The Morgan fingerprint density at radius 3 is 1.33 bits per heavy atom. The van der Waals surface area contributed by atoms with Crippen LogP contribution in [0.15, 0.2) is 66.7 Å². The molecule has 0 unspecified atom stereocenters. The number of ketones is 3. The molecule has 4 aliphatic rings. The van der Waals surface area contributed by atoms with Crippen molar-refractivity contribution in [1.29, 1.82) is 0 Å². The molecule has 2 aliphatic heterocycles. The fourth-order valence-electron chi connectivity index (χ4n) is 12.9. The number of carbonyl (C=O) groups excluding carboxylic acids is 9. The number of rotatable bonds is 24. The minimum absolute atomic E-state index is 0.0385. The Hall–Kier alpha value is -6.59. The maximum Gasteiger partial charge on any atom is 0.246 e. The lowest BCUT2D eigenvalue weighted by Gasteiger charge is -2.36. The van der Waals surface area contributed by atoms with E-state index in [9.17, 15) is 43.2 Å². The summed E-state index contributed by atoms with van der Waals surface area (Å²) in [5, 5.41) is 18.3. The molecule has 6 amide bonds. The number of likely N-dealkylation sites (tertiary alicyclic amines) is 2. The number of Topliss-reactive ketones (excluding diaryl/α,β-unsaturated/α-hetero) is 3. The van der Waals surface area contributed by atoms with E-state index in [0.29, 0.717) is 0 Å². The van der Waals surface area contributed by atoms with Crippen LogP contribution in [0.5, 0.6) is 0 Å². The molecule has 0 bridgehead atoms. The molecule has 3 aromatic carbocycles. The summed E-state index contributed by atoms with van der Waals surface area (Å²) in [5.74, 6) is -4.25. The molecule has 0 spiro atoms. The lowest BCUT2D eigenvalue weighted by molar-refractivity contribution is -0.144. The Bertz CT molecular complexity index is 2770. The highest BCUT2D eigenvalue weighted by Gasteiger charge is 2.48. The summed E-state index contributed by atoms with van der Waals surface area (Å²) in [6, 6.07) is 15.0. The number of unbranched alkanes of at least 4 members (excludes halogenated alkanes) is 1. The molecule has 462 valence electrons. The highest BCUT2D eigenvalue weighted by molar-refractivity contribution is 6.06. The van der Waals surface area contributed by atoms with Gasteiger partial charge in [-0.25, -0.2) is 0 Å². The van der Waals surface area contributed by atoms with Gasteiger partial charge in [0.1, 0.15) is 24.2 Å². The number of hydrogen-bond acceptors (Lipinski definition) is 11. The number of carbonyl (C=O) groups is 9. The van der Waals surface area contributed by atoms with Crippen molar-refractivity contribution < 1.29 is 43.2 Å². The highest BCUT2D eigenvalue weighted by atomic mass is 16.2. The standard InChI is InChI=1S/C68H96N8O9/c1-13-14-21-40(2)30-56(77)47-35-48(57(78)33-43-31-54(63(82)71-52-28-19-24-45-22-15-17-26-50(45)52)75(38-43)65(84)59(67(5,6)7)73-61(80)41(3)69-11)37-49(36-47)58(79)34-44-32-55(64(83)72-53-29-20-25-46-23-16-18-27-51(46)53)76(39-44)66(85)60(68(8,9)10)74-62(81)42(4)70-12/h15-18,22-23,26-27,35-37,40-44,52-55,59-60,69-70H,13-14,19-21,24-25,28-34,38-39H2,1-12H3,(H,71,82)(H,72,83)(H,73,80)(H,74,81)/t40-,41+,42+,43-,44-,52-,53-,54+,55+,59-,60-/m1/s1. The zero-order valence-electron chi connectivity index (χ0n) is 52.6. The predicted octanol–water partition coefficient (Wildman–Crippen LogP) is 8.33. The summed E-state index contributed by atoms with van der Waals surface area (Å²) in [6.07, 6.45) is 8.00. The first-order valence-electron chi connectivity index (χ1n) is 31.3. The van der Waals surface area contributed by atoms with Gasteiger partial charge in [-0.3, -0.25) is 43.2 Å². The van der Waals surface area contributed by atoms with E-state index in [1.54, 1.807) is 40.1 Å². The molecule has 0 radical (unpaired) electrons. The lowest BCUT2D eigenvalue weighted by Crippen LogP contribution is -2.59. The maximum absolute atomic E-state index is 15.0. The van der Waals surface area contributed by atoms with E-state index in [-0.39, 0.29) is 121 Å². The maximum atomic E-state index is 15.0. The van der Waals surface area contributed by atoms with E-state index in [1.165, 1.54) is 15.9 Å². The zero-order valence-corrected chi connectivity index (χ0v) is 52.6. The summed E-state index contributed by atoms with van der Waals surface area (Å²) >= 11 is 0. The molecule has 17 nitrogen and oxygen atoms in total. The number of fused-ring (bicyclic) bond motifs is 2. The Kier molecular flexibility index (Phi) is 22.3. The average Bonchev–Trinajstić information content (AvgIpc) is 2.76. The van der Waals surface area contributed by atoms with Crippen molar-refractivity contribution in [3.05, 3.63) is 106 Å². The molecule has 11 atom stereocenters. The molecule has 2 fully saturated rings. The molecule has 0 aromatic heterocycles. The predicted molar refractivity (Wildman–Crippen MR) is 330 cm³/mol. The van der Waals surface area contributed by atoms with E-state index in [1.807, 2.05) is 84.9 Å². The molecule has 17 heteroatoms. The minimum atomic E-state index is -1.01. The summed E-state index contributed by atoms with van der Waals surface area (Å²) < 4.78 is 0. The lowest BCUT2D eigenvalue weighted by atomic mass is 9.85. The van der Waals surface area contributed by atoms with E-state index in [0.717, 1.165) is 80.0 Å². The average molecular weight is 1170 g/mol. The summed E-state index contributed by atoms with van der Waals surface area (Å²) in [6.45, 7) is 18.7.